The largest absolute Gasteiger partial charge is 0.443 e. The van der Waals surface area contributed by atoms with E-state index < -0.39 is 23.4 Å². The normalized spacial score (nSPS) is 16.6. The third-order valence-electron chi connectivity index (χ3n) is 3.67. The number of aromatic nitrogens is 1. The maximum atomic E-state index is 12.6. The SMILES string of the molecule is CC(C)(C)OC(=O)NNC1CCN(c2ccc(C(F)(F)F)cn2)CC1. The number of carbonyl (C=O) groups is 1. The lowest BCUT2D eigenvalue weighted by Crippen LogP contribution is -2.50. The Morgan fingerprint density at radius 1 is 1.24 bits per heavy atom. The molecule has 0 unspecified atom stereocenters. The van der Waals surface area contributed by atoms with E-state index in [1.165, 1.54) is 6.07 Å². The number of anilines is 1. The van der Waals surface area contributed by atoms with E-state index in [1.54, 1.807) is 20.8 Å². The number of hydrogen-bond donors (Lipinski definition) is 2. The van der Waals surface area contributed by atoms with E-state index in [0.717, 1.165) is 25.1 Å². The molecule has 1 aromatic rings. The molecule has 1 saturated heterocycles. The number of amides is 1. The monoisotopic (exact) mass is 360 g/mol. The first-order valence-electron chi connectivity index (χ1n) is 8.07. The topological polar surface area (TPSA) is 66.5 Å². The third-order valence-corrected chi connectivity index (χ3v) is 3.67. The van der Waals surface area contributed by atoms with Gasteiger partial charge in [0.05, 0.1) is 5.56 Å². The molecule has 0 aliphatic carbocycles. The maximum absolute atomic E-state index is 12.6. The van der Waals surface area contributed by atoms with Crippen molar-refractivity contribution in [1.29, 1.82) is 0 Å². The summed E-state index contributed by atoms with van der Waals surface area (Å²) in [4.78, 5) is 17.4. The van der Waals surface area contributed by atoms with E-state index in [1.807, 2.05) is 4.90 Å². The van der Waals surface area contributed by atoms with Crippen molar-refractivity contribution in [3.05, 3.63) is 23.9 Å². The van der Waals surface area contributed by atoms with Crippen LogP contribution in [-0.4, -0.2) is 35.8 Å². The van der Waals surface area contributed by atoms with Crippen molar-refractivity contribution >= 4 is 11.9 Å². The number of carbonyl (C=O) groups excluding carboxylic acids is 1. The molecule has 1 fully saturated rings. The van der Waals surface area contributed by atoms with Gasteiger partial charge >= 0.3 is 12.3 Å². The van der Waals surface area contributed by atoms with Gasteiger partial charge in [-0.2, -0.15) is 13.2 Å². The molecule has 6 nitrogen and oxygen atoms in total. The fourth-order valence-corrected chi connectivity index (χ4v) is 2.46. The van der Waals surface area contributed by atoms with Crippen molar-refractivity contribution < 1.29 is 22.7 Å². The molecule has 0 bridgehead atoms. The summed E-state index contributed by atoms with van der Waals surface area (Å²) in [6.07, 6.45) is -2.63. The number of hydrogen-bond acceptors (Lipinski definition) is 5. The van der Waals surface area contributed by atoms with Gasteiger partial charge in [0.1, 0.15) is 11.4 Å². The smallest absolute Gasteiger partial charge is 0.422 e. The molecule has 1 aliphatic heterocycles. The number of pyridine rings is 1. The Bertz CT molecular complexity index is 577. The van der Waals surface area contributed by atoms with E-state index in [2.05, 4.69) is 15.8 Å². The number of hydrazine groups is 1. The lowest BCUT2D eigenvalue weighted by atomic mass is 10.1. The van der Waals surface area contributed by atoms with Crippen LogP contribution < -0.4 is 15.8 Å². The molecule has 0 aromatic carbocycles. The minimum absolute atomic E-state index is 0.0678. The van der Waals surface area contributed by atoms with Gasteiger partial charge in [-0.3, -0.25) is 5.43 Å². The first-order valence-corrected chi connectivity index (χ1v) is 8.07. The summed E-state index contributed by atoms with van der Waals surface area (Å²) in [6, 6.07) is 2.49. The molecular weight excluding hydrogens is 337 g/mol. The van der Waals surface area contributed by atoms with Crippen LogP contribution in [0.25, 0.3) is 0 Å². The fourth-order valence-electron chi connectivity index (χ4n) is 2.46. The molecule has 0 atom stereocenters. The zero-order chi connectivity index (χ0) is 18.7. The summed E-state index contributed by atoms with van der Waals surface area (Å²) < 4.78 is 42.8. The van der Waals surface area contributed by atoms with Gasteiger partial charge in [0.25, 0.3) is 0 Å². The zero-order valence-electron chi connectivity index (χ0n) is 14.5. The van der Waals surface area contributed by atoms with Gasteiger partial charge in [-0.25, -0.2) is 15.2 Å². The van der Waals surface area contributed by atoms with Gasteiger partial charge in [-0.15, -0.1) is 0 Å². The molecule has 1 aromatic heterocycles. The predicted molar refractivity (Wildman–Crippen MR) is 87.0 cm³/mol. The number of halogens is 3. The number of nitrogens with zero attached hydrogens (tertiary/aromatic N) is 2. The summed E-state index contributed by atoms with van der Waals surface area (Å²) in [6.45, 7) is 6.60. The predicted octanol–water partition coefficient (Wildman–Crippen LogP) is 3.10. The minimum atomic E-state index is -4.38. The van der Waals surface area contributed by atoms with Crippen LogP contribution in [0.2, 0.25) is 0 Å². The van der Waals surface area contributed by atoms with Crippen LogP contribution in [0.4, 0.5) is 23.8 Å². The molecule has 0 saturated carbocycles. The van der Waals surface area contributed by atoms with Crippen molar-refractivity contribution in [3.8, 4) is 0 Å². The summed E-state index contributed by atoms with van der Waals surface area (Å²) in [7, 11) is 0. The number of alkyl halides is 3. The second-order valence-corrected chi connectivity index (χ2v) is 6.94. The third kappa shape index (κ3) is 6.08. The van der Waals surface area contributed by atoms with Crippen molar-refractivity contribution in [3.63, 3.8) is 0 Å². The quantitative estimate of drug-likeness (QED) is 0.811. The number of rotatable bonds is 3. The Hall–Kier alpha value is -2.03. The second-order valence-electron chi connectivity index (χ2n) is 6.94. The molecule has 140 valence electrons. The Balaban J connectivity index is 1.79. The first-order chi connectivity index (χ1) is 11.5. The highest BCUT2D eigenvalue weighted by Gasteiger charge is 2.31. The number of nitrogens with one attached hydrogen (secondary N) is 2. The number of piperidine rings is 1. The Morgan fingerprint density at radius 3 is 2.36 bits per heavy atom. The Morgan fingerprint density at radius 2 is 1.88 bits per heavy atom. The highest BCUT2D eigenvalue weighted by atomic mass is 19.4. The average molecular weight is 360 g/mol. The highest BCUT2D eigenvalue weighted by Crippen LogP contribution is 2.29. The van der Waals surface area contributed by atoms with E-state index >= 15 is 0 Å². The molecule has 2 heterocycles. The first kappa shape index (κ1) is 19.3. The molecule has 1 amide bonds. The maximum Gasteiger partial charge on any atom is 0.422 e. The summed E-state index contributed by atoms with van der Waals surface area (Å²) in [5.74, 6) is 0.520. The van der Waals surface area contributed by atoms with Crippen LogP contribution >= 0.6 is 0 Å². The van der Waals surface area contributed by atoms with Crippen LogP contribution in [0.3, 0.4) is 0 Å². The van der Waals surface area contributed by atoms with Gasteiger partial charge in [0.2, 0.25) is 0 Å². The number of ether oxygens (including phenoxy) is 1. The summed E-state index contributed by atoms with van der Waals surface area (Å²) in [5, 5.41) is 0. The second kappa shape index (κ2) is 7.47. The zero-order valence-corrected chi connectivity index (χ0v) is 14.5. The molecule has 0 spiro atoms. The van der Waals surface area contributed by atoms with Crippen molar-refractivity contribution in [2.75, 3.05) is 18.0 Å². The van der Waals surface area contributed by atoms with E-state index in [0.29, 0.717) is 18.9 Å². The van der Waals surface area contributed by atoms with Gasteiger partial charge in [-0.1, -0.05) is 0 Å². The fraction of sp³-hybridized carbons (Fsp3) is 0.625. The molecule has 9 heteroatoms. The summed E-state index contributed by atoms with van der Waals surface area (Å²) >= 11 is 0. The Labute approximate surface area is 144 Å². The Kier molecular flexibility index (Phi) is 5.76. The van der Waals surface area contributed by atoms with Crippen LogP contribution in [-0.2, 0) is 10.9 Å². The van der Waals surface area contributed by atoms with Gasteiger partial charge in [0.15, 0.2) is 0 Å². The summed E-state index contributed by atoms with van der Waals surface area (Å²) in [5.41, 5.74) is 4.12. The van der Waals surface area contributed by atoms with Gasteiger partial charge in [0, 0.05) is 25.3 Å². The van der Waals surface area contributed by atoms with Crippen molar-refractivity contribution in [2.24, 2.45) is 0 Å². The molecule has 1 aliphatic rings. The van der Waals surface area contributed by atoms with E-state index in [9.17, 15) is 18.0 Å². The van der Waals surface area contributed by atoms with E-state index in [4.69, 9.17) is 4.74 Å². The molecule has 2 rings (SSSR count). The molecular formula is C16H23F3N4O2. The minimum Gasteiger partial charge on any atom is -0.443 e. The van der Waals surface area contributed by atoms with Crippen LogP contribution in [0.15, 0.2) is 18.3 Å². The molecule has 2 N–H and O–H groups in total. The lowest BCUT2D eigenvalue weighted by Gasteiger charge is -2.33. The van der Waals surface area contributed by atoms with Crippen LogP contribution in [0.5, 0.6) is 0 Å². The van der Waals surface area contributed by atoms with Crippen molar-refractivity contribution in [1.82, 2.24) is 15.8 Å². The standard InChI is InChI=1S/C16H23F3N4O2/c1-15(2,3)25-14(24)22-21-12-6-8-23(9-7-12)13-5-4-11(10-20-13)16(17,18)19/h4-5,10,12,21H,6-9H2,1-3H3,(H,22,24). The lowest BCUT2D eigenvalue weighted by molar-refractivity contribution is -0.137. The van der Waals surface area contributed by atoms with Crippen LogP contribution in [0, 0.1) is 0 Å². The average Bonchev–Trinajstić information content (AvgIpc) is 2.51. The van der Waals surface area contributed by atoms with Gasteiger partial charge < -0.3 is 9.64 Å². The molecule has 0 radical (unpaired) electrons. The van der Waals surface area contributed by atoms with Gasteiger partial charge in [-0.05, 0) is 45.7 Å². The highest BCUT2D eigenvalue weighted by molar-refractivity contribution is 5.67. The van der Waals surface area contributed by atoms with Crippen molar-refractivity contribution in [2.45, 2.75) is 51.4 Å². The van der Waals surface area contributed by atoms with E-state index in [-0.39, 0.29) is 6.04 Å². The van der Waals surface area contributed by atoms with Crippen LogP contribution in [0.1, 0.15) is 39.2 Å². The molecule has 25 heavy (non-hydrogen) atoms.